The summed E-state index contributed by atoms with van der Waals surface area (Å²) in [6, 6.07) is 7.16. The number of halogens is 1. The highest BCUT2D eigenvalue weighted by Gasteiger charge is 1.97. The zero-order valence-corrected chi connectivity index (χ0v) is 5.18. The average molecular weight is 143 g/mol. The molecule has 0 heterocycles. The standard InChI is InChI=1S/C6H3ClO2/c7-5-3-1-2-4-6(5)9-8/h2-4H. The molecule has 2 nitrogen and oxygen atoms in total. The molecule has 0 aliphatic heterocycles. The van der Waals surface area contributed by atoms with Crippen LogP contribution in [0.4, 0.5) is 0 Å². The first-order valence-corrected chi connectivity index (χ1v) is 2.68. The van der Waals surface area contributed by atoms with Gasteiger partial charge >= 0.3 is 0 Å². The molecular formula is C6H3ClO2. The summed E-state index contributed by atoms with van der Waals surface area (Å²) < 4.78 is 0. The summed E-state index contributed by atoms with van der Waals surface area (Å²) in [6.45, 7) is 0. The van der Waals surface area contributed by atoms with Crippen molar-refractivity contribution in [3.05, 3.63) is 29.3 Å². The third kappa shape index (κ3) is 1.34. The highest BCUT2D eigenvalue weighted by molar-refractivity contribution is 6.31. The summed E-state index contributed by atoms with van der Waals surface area (Å²) in [6.07, 6.45) is 0. The van der Waals surface area contributed by atoms with Gasteiger partial charge in [-0.2, -0.15) is 0 Å². The van der Waals surface area contributed by atoms with Crippen LogP contribution in [-0.4, -0.2) is 0 Å². The Bertz CT molecular complexity index is 200. The van der Waals surface area contributed by atoms with E-state index in [4.69, 9.17) is 11.6 Å². The maximum Gasteiger partial charge on any atom is 0.187 e. The Hall–Kier alpha value is -0.730. The van der Waals surface area contributed by atoms with E-state index in [1.165, 1.54) is 12.1 Å². The van der Waals surface area contributed by atoms with Crippen LogP contribution in [0.25, 0.3) is 0 Å². The van der Waals surface area contributed by atoms with Gasteiger partial charge in [0, 0.05) is 5.26 Å². The van der Waals surface area contributed by atoms with Gasteiger partial charge in [-0.1, -0.05) is 17.7 Å². The molecule has 2 radical (unpaired) electrons. The maximum atomic E-state index is 9.75. The fraction of sp³-hybridized carbons (Fsp3) is 0. The lowest BCUT2D eigenvalue weighted by molar-refractivity contribution is -0.208. The van der Waals surface area contributed by atoms with Crippen LogP contribution >= 0.6 is 11.6 Å². The Morgan fingerprint density at radius 1 is 1.67 bits per heavy atom. The topological polar surface area (TPSA) is 29.1 Å². The van der Waals surface area contributed by atoms with Gasteiger partial charge in [0.15, 0.2) is 5.75 Å². The van der Waals surface area contributed by atoms with Gasteiger partial charge in [-0.3, -0.25) is 0 Å². The second-order valence-electron chi connectivity index (χ2n) is 1.44. The van der Waals surface area contributed by atoms with Crippen LogP contribution in [-0.2, 0) is 5.26 Å². The minimum absolute atomic E-state index is 0.135. The van der Waals surface area contributed by atoms with Crippen LogP contribution in [0.1, 0.15) is 0 Å². The molecule has 0 N–H and O–H groups in total. The van der Waals surface area contributed by atoms with Crippen LogP contribution in [0.2, 0.25) is 5.02 Å². The average Bonchev–Trinajstić information content (AvgIpc) is 1.89. The molecular weight excluding hydrogens is 140 g/mol. The molecule has 1 aromatic rings. The van der Waals surface area contributed by atoms with Crippen LogP contribution in [0.5, 0.6) is 5.75 Å². The SMILES string of the molecule is [O]Oc1cc[c]cc1Cl. The lowest BCUT2D eigenvalue weighted by Gasteiger charge is -1.93. The van der Waals surface area contributed by atoms with Gasteiger partial charge in [0.1, 0.15) is 0 Å². The third-order valence-electron chi connectivity index (χ3n) is 0.866. The second-order valence-corrected chi connectivity index (χ2v) is 1.85. The van der Waals surface area contributed by atoms with Crippen molar-refractivity contribution < 1.29 is 10.1 Å². The van der Waals surface area contributed by atoms with Gasteiger partial charge in [0.2, 0.25) is 0 Å². The van der Waals surface area contributed by atoms with Crippen LogP contribution in [0.3, 0.4) is 0 Å². The van der Waals surface area contributed by atoms with Gasteiger partial charge in [0.25, 0.3) is 0 Å². The van der Waals surface area contributed by atoms with E-state index in [0.29, 0.717) is 0 Å². The van der Waals surface area contributed by atoms with Crippen molar-refractivity contribution in [1.82, 2.24) is 0 Å². The molecule has 0 saturated heterocycles. The van der Waals surface area contributed by atoms with E-state index < -0.39 is 0 Å². The van der Waals surface area contributed by atoms with E-state index in [-0.39, 0.29) is 10.8 Å². The first kappa shape index (κ1) is 6.39. The van der Waals surface area contributed by atoms with Crippen molar-refractivity contribution >= 4 is 11.6 Å². The van der Waals surface area contributed by atoms with Gasteiger partial charge < -0.3 is 4.89 Å². The van der Waals surface area contributed by atoms with E-state index in [0.717, 1.165) is 0 Å². The smallest absolute Gasteiger partial charge is 0.187 e. The molecule has 3 heteroatoms. The third-order valence-corrected chi connectivity index (χ3v) is 1.16. The molecule has 0 fully saturated rings. The van der Waals surface area contributed by atoms with E-state index >= 15 is 0 Å². The number of benzene rings is 1. The molecule has 9 heavy (non-hydrogen) atoms. The normalized spacial score (nSPS) is 9.11. The molecule has 0 saturated carbocycles. The second kappa shape index (κ2) is 2.71. The summed E-state index contributed by atoms with van der Waals surface area (Å²) in [5.41, 5.74) is 0. The largest absolute Gasteiger partial charge is 0.304 e. The summed E-state index contributed by atoms with van der Waals surface area (Å²) in [7, 11) is 0. The molecule has 0 aliphatic carbocycles. The van der Waals surface area contributed by atoms with Crippen molar-refractivity contribution in [3.63, 3.8) is 0 Å². The van der Waals surface area contributed by atoms with E-state index in [1.807, 2.05) is 0 Å². The fourth-order valence-electron chi connectivity index (χ4n) is 0.463. The van der Waals surface area contributed by atoms with Gasteiger partial charge in [-0.25, -0.2) is 0 Å². The lowest BCUT2D eigenvalue weighted by Crippen LogP contribution is -1.80. The summed E-state index contributed by atoms with van der Waals surface area (Å²) in [4.78, 5) is 3.64. The lowest BCUT2D eigenvalue weighted by atomic mass is 10.3. The van der Waals surface area contributed by atoms with Crippen molar-refractivity contribution in [2.75, 3.05) is 0 Å². The summed E-state index contributed by atoms with van der Waals surface area (Å²) in [5.74, 6) is 0.135. The predicted molar refractivity (Wildman–Crippen MR) is 31.6 cm³/mol. The molecule has 0 bridgehead atoms. The molecule has 0 atom stereocenters. The van der Waals surface area contributed by atoms with Crippen molar-refractivity contribution in [2.24, 2.45) is 0 Å². The van der Waals surface area contributed by atoms with Crippen molar-refractivity contribution in [2.45, 2.75) is 0 Å². The van der Waals surface area contributed by atoms with Crippen molar-refractivity contribution in [3.8, 4) is 5.75 Å². The first-order valence-electron chi connectivity index (χ1n) is 2.30. The number of hydrogen-bond acceptors (Lipinski definition) is 1. The molecule has 46 valence electrons. The zero-order valence-electron chi connectivity index (χ0n) is 4.43. The fourth-order valence-corrected chi connectivity index (χ4v) is 0.621. The zero-order chi connectivity index (χ0) is 6.69. The predicted octanol–water partition coefficient (Wildman–Crippen LogP) is 1.86. The quantitative estimate of drug-likeness (QED) is 0.435. The molecule has 1 rings (SSSR count). The highest BCUT2D eigenvalue weighted by atomic mass is 35.5. The molecule has 0 aromatic heterocycles. The van der Waals surface area contributed by atoms with E-state index in [2.05, 4.69) is 11.0 Å². The Kier molecular flexibility index (Phi) is 1.92. The number of rotatable bonds is 1. The molecule has 0 amide bonds. The van der Waals surface area contributed by atoms with E-state index in [9.17, 15) is 5.26 Å². The van der Waals surface area contributed by atoms with Gasteiger partial charge in [0.05, 0.1) is 5.02 Å². The molecule has 0 aliphatic rings. The molecule has 0 unspecified atom stereocenters. The van der Waals surface area contributed by atoms with Gasteiger partial charge in [-0.15, -0.1) is 0 Å². The highest BCUT2D eigenvalue weighted by Crippen LogP contribution is 2.21. The summed E-state index contributed by atoms with van der Waals surface area (Å²) >= 11 is 5.47. The van der Waals surface area contributed by atoms with Crippen LogP contribution in [0, 0.1) is 6.07 Å². The Morgan fingerprint density at radius 2 is 2.44 bits per heavy atom. The molecule has 0 spiro atoms. The van der Waals surface area contributed by atoms with Crippen molar-refractivity contribution in [1.29, 1.82) is 0 Å². The minimum atomic E-state index is 0.135. The maximum absolute atomic E-state index is 9.75. The van der Waals surface area contributed by atoms with Crippen LogP contribution < -0.4 is 4.89 Å². The Balaban J connectivity index is 3.01. The van der Waals surface area contributed by atoms with Gasteiger partial charge in [-0.05, 0) is 18.2 Å². The van der Waals surface area contributed by atoms with Crippen LogP contribution in [0.15, 0.2) is 18.2 Å². The Labute approximate surface area is 57.6 Å². The van der Waals surface area contributed by atoms with E-state index in [1.54, 1.807) is 6.07 Å². The Morgan fingerprint density at radius 3 is 2.89 bits per heavy atom. The minimum Gasteiger partial charge on any atom is -0.304 e. The number of hydrogen-bond donors (Lipinski definition) is 0. The molecule has 1 aromatic carbocycles. The first-order chi connectivity index (χ1) is 4.34. The summed E-state index contributed by atoms with van der Waals surface area (Å²) in [5, 5.41) is 10.0. The monoisotopic (exact) mass is 142 g/mol.